The van der Waals surface area contributed by atoms with Gasteiger partial charge in [-0.25, -0.2) is 0 Å². The van der Waals surface area contributed by atoms with Crippen LogP contribution in [0.4, 0.5) is 0 Å². The van der Waals surface area contributed by atoms with Crippen molar-refractivity contribution in [2.24, 2.45) is 4.99 Å². The largest absolute Gasteiger partial charge is 0.507 e. The van der Waals surface area contributed by atoms with Gasteiger partial charge in [-0.05, 0) is 22.4 Å². The first kappa shape index (κ1) is 17.7. The zero-order valence-electron chi connectivity index (χ0n) is 15.4. The Bertz CT molecular complexity index is 946. The fourth-order valence-corrected chi connectivity index (χ4v) is 3.65. The third-order valence-corrected chi connectivity index (χ3v) is 5.19. The number of aromatic hydroxyl groups is 1. The molecule has 0 saturated carbocycles. The molecule has 4 rings (SSSR count). The number of phenols is 1. The maximum Gasteiger partial charge on any atom is 0.124 e. The van der Waals surface area contributed by atoms with Crippen molar-refractivity contribution in [2.45, 2.75) is 13.1 Å². The number of benzene rings is 3. The number of nitrogens with one attached hydrogen (secondary N) is 1. The summed E-state index contributed by atoms with van der Waals surface area (Å²) in [6, 6.07) is 20.2. The fraction of sp³-hybridized carbons (Fsp3) is 0.261. The number of phenolic OH excluding ortho intramolecular Hbond substituents is 1. The van der Waals surface area contributed by atoms with Gasteiger partial charge in [0.1, 0.15) is 25.4 Å². The maximum atomic E-state index is 10.3. The van der Waals surface area contributed by atoms with Crippen LogP contribution in [0.15, 0.2) is 65.7 Å². The Morgan fingerprint density at radius 1 is 0.926 bits per heavy atom. The van der Waals surface area contributed by atoms with Crippen LogP contribution in [0.1, 0.15) is 16.7 Å². The normalized spacial score (nSPS) is 15.6. The van der Waals surface area contributed by atoms with Crippen LogP contribution < -0.4 is 4.90 Å². The van der Waals surface area contributed by atoms with Gasteiger partial charge in [0.05, 0.1) is 19.8 Å². The summed E-state index contributed by atoms with van der Waals surface area (Å²) in [6.07, 6.45) is 1.80. The van der Waals surface area contributed by atoms with Crippen LogP contribution in [0.2, 0.25) is 0 Å². The fourth-order valence-electron chi connectivity index (χ4n) is 3.65. The van der Waals surface area contributed by atoms with E-state index in [1.54, 1.807) is 17.2 Å². The molecule has 138 valence electrons. The molecule has 0 bridgehead atoms. The van der Waals surface area contributed by atoms with Crippen molar-refractivity contribution in [1.29, 1.82) is 0 Å². The van der Waals surface area contributed by atoms with E-state index in [0.717, 1.165) is 49.2 Å². The van der Waals surface area contributed by atoms with Crippen LogP contribution in [-0.2, 0) is 17.8 Å². The van der Waals surface area contributed by atoms with Gasteiger partial charge in [0.15, 0.2) is 0 Å². The van der Waals surface area contributed by atoms with Crippen molar-refractivity contribution >= 4 is 17.0 Å². The topological polar surface area (TPSA) is 46.3 Å². The van der Waals surface area contributed by atoms with E-state index >= 15 is 0 Å². The lowest BCUT2D eigenvalue weighted by Gasteiger charge is -2.24. The van der Waals surface area contributed by atoms with Crippen LogP contribution in [0.25, 0.3) is 10.8 Å². The third kappa shape index (κ3) is 4.18. The number of rotatable bonds is 5. The van der Waals surface area contributed by atoms with E-state index in [0.29, 0.717) is 6.54 Å². The zero-order chi connectivity index (χ0) is 18.5. The van der Waals surface area contributed by atoms with Gasteiger partial charge in [0.25, 0.3) is 0 Å². The Morgan fingerprint density at radius 3 is 2.52 bits per heavy atom. The summed E-state index contributed by atoms with van der Waals surface area (Å²) >= 11 is 0. The molecule has 0 spiro atoms. The van der Waals surface area contributed by atoms with Gasteiger partial charge in [0, 0.05) is 17.3 Å². The second-order valence-electron chi connectivity index (χ2n) is 7.00. The summed E-state index contributed by atoms with van der Waals surface area (Å²) in [4.78, 5) is 6.22. The predicted molar refractivity (Wildman–Crippen MR) is 109 cm³/mol. The second-order valence-corrected chi connectivity index (χ2v) is 7.00. The van der Waals surface area contributed by atoms with E-state index in [9.17, 15) is 5.11 Å². The van der Waals surface area contributed by atoms with Crippen LogP contribution in [-0.4, -0.2) is 37.6 Å². The molecular weight excluding hydrogens is 336 g/mol. The Balaban J connectivity index is 1.53. The molecule has 0 amide bonds. The van der Waals surface area contributed by atoms with Gasteiger partial charge in [-0.2, -0.15) is 0 Å². The molecule has 0 aromatic heterocycles. The van der Waals surface area contributed by atoms with Gasteiger partial charge < -0.3 is 14.7 Å². The van der Waals surface area contributed by atoms with Crippen molar-refractivity contribution < 1.29 is 14.7 Å². The number of ether oxygens (including phenoxy) is 1. The highest BCUT2D eigenvalue weighted by atomic mass is 16.5. The highest BCUT2D eigenvalue weighted by molar-refractivity contribution is 6.02. The van der Waals surface area contributed by atoms with E-state index < -0.39 is 0 Å². The molecule has 1 fully saturated rings. The minimum absolute atomic E-state index is 0.267. The molecule has 0 aliphatic carbocycles. The molecule has 0 radical (unpaired) electrons. The molecule has 1 saturated heterocycles. The summed E-state index contributed by atoms with van der Waals surface area (Å²) in [6.45, 7) is 5.42. The molecule has 4 heteroatoms. The average Bonchev–Trinajstić information content (AvgIpc) is 2.72. The molecule has 1 aliphatic rings. The van der Waals surface area contributed by atoms with E-state index in [2.05, 4.69) is 29.3 Å². The molecule has 3 aromatic rings. The predicted octanol–water partition coefficient (Wildman–Crippen LogP) is 2.58. The van der Waals surface area contributed by atoms with E-state index in [1.165, 1.54) is 11.1 Å². The maximum absolute atomic E-state index is 10.3. The van der Waals surface area contributed by atoms with Gasteiger partial charge in [0.2, 0.25) is 0 Å². The monoisotopic (exact) mass is 361 g/mol. The molecule has 4 nitrogen and oxygen atoms in total. The Morgan fingerprint density at radius 2 is 1.67 bits per heavy atom. The molecule has 1 heterocycles. The summed E-state index contributed by atoms with van der Waals surface area (Å²) in [5.41, 5.74) is 3.37. The third-order valence-electron chi connectivity index (χ3n) is 5.19. The molecule has 3 aromatic carbocycles. The van der Waals surface area contributed by atoms with Crippen LogP contribution in [0.3, 0.4) is 0 Å². The number of hydrogen-bond donors (Lipinski definition) is 2. The lowest BCUT2D eigenvalue weighted by molar-refractivity contribution is -0.921. The zero-order valence-corrected chi connectivity index (χ0v) is 15.4. The smallest absolute Gasteiger partial charge is 0.124 e. The minimum atomic E-state index is 0.267. The first-order valence-corrected chi connectivity index (χ1v) is 9.50. The van der Waals surface area contributed by atoms with Gasteiger partial charge >= 0.3 is 0 Å². The number of hydrogen-bond acceptors (Lipinski definition) is 3. The van der Waals surface area contributed by atoms with E-state index in [1.807, 2.05) is 30.3 Å². The van der Waals surface area contributed by atoms with Crippen LogP contribution in [0.5, 0.6) is 5.75 Å². The number of morpholine rings is 1. The minimum Gasteiger partial charge on any atom is -0.507 e. The first-order valence-electron chi connectivity index (χ1n) is 9.50. The summed E-state index contributed by atoms with van der Waals surface area (Å²) in [7, 11) is 0. The van der Waals surface area contributed by atoms with Crippen molar-refractivity contribution in [3.63, 3.8) is 0 Å². The lowest BCUT2D eigenvalue weighted by atomic mass is 10.0. The molecule has 0 atom stereocenters. The van der Waals surface area contributed by atoms with Gasteiger partial charge in [-0.3, -0.25) is 4.99 Å². The Hall–Kier alpha value is -2.69. The Labute approximate surface area is 159 Å². The van der Waals surface area contributed by atoms with Crippen molar-refractivity contribution in [1.82, 2.24) is 0 Å². The van der Waals surface area contributed by atoms with Gasteiger partial charge in [-0.1, -0.05) is 54.6 Å². The van der Waals surface area contributed by atoms with Crippen molar-refractivity contribution in [2.75, 3.05) is 26.3 Å². The second kappa shape index (κ2) is 8.33. The first-order chi connectivity index (χ1) is 13.3. The average molecular weight is 361 g/mol. The summed E-state index contributed by atoms with van der Waals surface area (Å²) in [5.74, 6) is 0.267. The molecular formula is C23H25N2O2+. The highest BCUT2D eigenvalue weighted by Crippen LogP contribution is 2.25. The number of aliphatic imine (C=N–C) groups is 1. The molecule has 1 aliphatic heterocycles. The van der Waals surface area contributed by atoms with E-state index in [-0.39, 0.29) is 5.75 Å². The van der Waals surface area contributed by atoms with Crippen molar-refractivity contribution in [3.8, 4) is 5.75 Å². The quantitative estimate of drug-likeness (QED) is 0.686. The standard InChI is InChI=1S/C23H24N2O2/c26-23-10-9-18-5-3-4-8-21(18)22(23)16-24-15-19-6-1-2-7-20(19)17-25-11-13-27-14-12-25/h1-10,16,26H,11-15,17H2/p+1. The molecule has 0 unspecified atom stereocenters. The number of quaternary nitrogens is 1. The van der Waals surface area contributed by atoms with E-state index in [4.69, 9.17) is 4.74 Å². The Kier molecular flexibility index (Phi) is 5.47. The summed E-state index contributed by atoms with van der Waals surface area (Å²) in [5, 5.41) is 12.4. The van der Waals surface area contributed by atoms with Crippen LogP contribution in [0, 0.1) is 0 Å². The van der Waals surface area contributed by atoms with Crippen molar-refractivity contribution in [3.05, 3.63) is 77.4 Å². The number of nitrogens with zero attached hydrogens (tertiary/aromatic N) is 1. The van der Waals surface area contributed by atoms with Crippen LogP contribution >= 0.6 is 0 Å². The van der Waals surface area contributed by atoms with Gasteiger partial charge in [-0.15, -0.1) is 0 Å². The highest BCUT2D eigenvalue weighted by Gasteiger charge is 2.15. The molecule has 2 N–H and O–H groups in total. The summed E-state index contributed by atoms with van der Waals surface area (Å²) < 4.78 is 5.46. The lowest BCUT2D eigenvalue weighted by Crippen LogP contribution is -3.12. The molecule has 27 heavy (non-hydrogen) atoms. The SMILES string of the molecule is Oc1ccc2ccccc2c1C=NCc1ccccc1C[NH+]1CCOCC1. The number of fused-ring (bicyclic) bond motifs is 1.